The molecule has 0 saturated heterocycles. The zero-order chi connectivity index (χ0) is 12.5. The van der Waals surface area contributed by atoms with Gasteiger partial charge in [-0.05, 0) is 36.8 Å². The number of benzene rings is 1. The van der Waals surface area contributed by atoms with E-state index in [9.17, 15) is 0 Å². The van der Waals surface area contributed by atoms with Crippen LogP contribution in [0.25, 0.3) is 0 Å². The van der Waals surface area contributed by atoms with Crippen molar-refractivity contribution in [3.8, 4) is 11.5 Å². The first-order valence-corrected chi connectivity index (χ1v) is 6.75. The number of hydrogen-bond acceptors (Lipinski definition) is 4. The summed E-state index contributed by atoms with van der Waals surface area (Å²) in [5.41, 5.74) is 7.11. The molecule has 18 heavy (non-hydrogen) atoms. The zero-order valence-electron chi connectivity index (χ0n) is 10.2. The van der Waals surface area contributed by atoms with Gasteiger partial charge < -0.3 is 15.2 Å². The van der Waals surface area contributed by atoms with Crippen molar-refractivity contribution in [2.24, 2.45) is 5.73 Å². The van der Waals surface area contributed by atoms with Crippen LogP contribution in [0, 0.1) is 6.92 Å². The first-order valence-electron chi connectivity index (χ1n) is 5.94. The second kappa shape index (κ2) is 4.63. The SMILES string of the molecule is Cc1ccc(C(CN)c2ccc3c(c2)OCO3)s1. The Morgan fingerprint density at radius 3 is 2.78 bits per heavy atom. The van der Waals surface area contributed by atoms with E-state index in [1.165, 1.54) is 15.3 Å². The highest BCUT2D eigenvalue weighted by atomic mass is 32.1. The second-order valence-electron chi connectivity index (χ2n) is 4.35. The minimum atomic E-state index is 0.234. The minimum absolute atomic E-state index is 0.234. The van der Waals surface area contributed by atoms with E-state index in [0.29, 0.717) is 13.3 Å². The number of rotatable bonds is 3. The van der Waals surface area contributed by atoms with E-state index in [1.54, 1.807) is 11.3 Å². The van der Waals surface area contributed by atoms with Crippen molar-refractivity contribution < 1.29 is 9.47 Å². The molecule has 4 heteroatoms. The average molecular weight is 261 g/mol. The molecular weight excluding hydrogens is 246 g/mol. The smallest absolute Gasteiger partial charge is 0.231 e. The topological polar surface area (TPSA) is 44.5 Å². The van der Waals surface area contributed by atoms with Gasteiger partial charge in [0.15, 0.2) is 11.5 Å². The Balaban J connectivity index is 1.96. The Kier molecular flexibility index (Phi) is 2.97. The molecule has 1 aliphatic heterocycles. The highest BCUT2D eigenvalue weighted by Gasteiger charge is 2.19. The maximum Gasteiger partial charge on any atom is 0.231 e. The first-order chi connectivity index (χ1) is 8.78. The summed E-state index contributed by atoms with van der Waals surface area (Å²) < 4.78 is 10.7. The zero-order valence-corrected chi connectivity index (χ0v) is 11.0. The van der Waals surface area contributed by atoms with Crippen molar-refractivity contribution >= 4 is 11.3 Å². The lowest BCUT2D eigenvalue weighted by atomic mass is 9.97. The van der Waals surface area contributed by atoms with Gasteiger partial charge in [0.2, 0.25) is 6.79 Å². The summed E-state index contributed by atoms with van der Waals surface area (Å²) in [6, 6.07) is 10.4. The Morgan fingerprint density at radius 1 is 1.22 bits per heavy atom. The summed E-state index contributed by atoms with van der Waals surface area (Å²) in [6.45, 7) is 3.02. The largest absolute Gasteiger partial charge is 0.454 e. The van der Waals surface area contributed by atoms with Crippen molar-refractivity contribution in [3.05, 3.63) is 45.6 Å². The summed E-state index contributed by atoms with van der Waals surface area (Å²) in [7, 11) is 0. The van der Waals surface area contributed by atoms with Gasteiger partial charge in [0, 0.05) is 22.2 Å². The standard InChI is InChI=1S/C14H15NO2S/c1-9-2-5-14(18-9)11(7-15)10-3-4-12-13(6-10)17-8-16-12/h2-6,11H,7-8,15H2,1H3. The van der Waals surface area contributed by atoms with Gasteiger partial charge in [0.05, 0.1) is 0 Å². The quantitative estimate of drug-likeness (QED) is 0.924. The number of nitrogens with two attached hydrogens (primary N) is 1. The molecule has 0 spiro atoms. The molecule has 2 N–H and O–H groups in total. The van der Waals surface area contributed by atoms with Crippen LogP contribution in [0.5, 0.6) is 11.5 Å². The van der Waals surface area contributed by atoms with E-state index in [4.69, 9.17) is 15.2 Å². The van der Waals surface area contributed by atoms with Crippen LogP contribution >= 0.6 is 11.3 Å². The van der Waals surface area contributed by atoms with Crippen molar-refractivity contribution in [1.29, 1.82) is 0 Å². The normalized spacial score (nSPS) is 14.8. The summed E-state index contributed by atoms with van der Waals surface area (Å²) in [5.74, 6) is 1.87. The molecule has 3 nitrogen and oxygen atoms in total. The third-order valence-corrected chi connectivity index (χ3v) is 4.25. The number of thiophene rings is 1. The molecular formula is C14H15NO2S. The van der Waals surface area contributed by atoms with Crippen LogP contribution in [0.2, 0.25) is 0 Å². The average Bonchev–Trinajstić information content (AvgIpc) is 2.99. The number of ether oxygens (including phenoxy) is 2. The lowest BCUT2D eigenvalue weighted by Gasteiger charge is -2.14. The molecule has 0 bridgehead atoms. The molecule has 3 rings (SSSR count). The van der Waals surface area contributed by atoms with Gasteiger partial charge in [-0.2, -0.15) is 0 Å². The van der Waals surface area contributed by atoms with E-state index in [2.05, 4.69) is 25.1 Å². The Labute approximate surface area is 110 Å². The van der Waals surface area contributed by atoms with E-state index < -0.39 is 0 Å². The molecule has 0 fully saturated rings. The summed E-state index contributed by atoms with van der Waals surface area (Å²) in [5, 5.41) is 0. The first kappa shape index (κ1) is 11.6. The van der Waals surface area contributed by atoms with Crippen molar-refractivity contribution in [1.82, 2.24) is 0 Å². The van der Waals surface area contributed by atoms with Crippen LogP contribution in [-0.4, -0.2) is 13.3 Å². The van der Waals surface area contributed by atoms with Gasteiger partial charge in [-0.15, -0.1) is 11.3 Å². The molecule has 1 aromatic heterocycles. The second-order valence-corrected chi connectivity index (χ2v) is 5.67. The third-order valence-electron chi connectivity index (χ3n) is 3.14. The maximum atomic E-state index is 5.93. The fraction of sp³-hybridized carbons (Fsp3) is 0.286. The van der Waals surface area contributed by atoms with Gasteiger partial charge in [-0.3, -0.25) is 0 Å². The Bertz CT molecular complexity index is 565. The van der Waals surface area contributed by atoms with Crippen LogP contribution in [0.1, 0.15) is 21.2 Å². The highest BCUT2D eigenvalue weighted by molar-refractivity contribution is 7.12. The third kappa shape index (κ3) is 1.98. The van der Waals surface area contributed by atoms with Gasteiger partial charge in [0.25, 0.3) is 0 Å². The molecule has 1 unspecified atom stereocenters. The molecule has 0 aliphatic carbocycles. The van der Waals surface area contributed by atoms with Crippen LogP contribution in [0.3, 0.4) is 0 Å². The number of aryl methyl sites for hydroxylation is 1. The lowest BCUT2D eigenvalue weighted by molar-refractivity contribution is 0.174. The van der Waals surface area contributed by atoms with E-state index in [-0.39, 0.29) is 5.92 Å². The fourth-order valence-electron chi connectivity index (χ4n) is 2.19. The molecule has 94 valence electrons. The van der Waals surface area contributed by atoms with Crippen LogP contribution in [-0.2, 0) is 0 Å². The summed E-state index contributed by atoms with van der Waals surface area (Å²) >= 11 is 1.80. The van der Waals surface area contributed by atoms with Gasteiger partial charge in [-0.25, -0.2) is 0 Å². The highest BCUT2D eigenvalue weighted by Crippen LogP contribution is 2.37. The summed E-state index contributed by atoms with van der Waals surface area (Å²) in [4.78, 5) is 2.61. The lowest BCUT2D eigenvalue weighted by Crippen LogP contribution is -2.12. The monoisotopic (exact) mass is 261 g/mol. The summed E-state index contributed by atoms with van der Waals surface area (Å²) in [6.07, 6.45) is 0. The number of fused-ring (bicyclic) bond motifs is 1. The van der Waals surface area contributed by atoms with E-state index >= 15 is 0 Å². The predicted molar refractivity (Wildman–Crippen MR) is 72.5 cm³/mol. The van der Waals surface area contributed by atoms with Crippen molar-refractivity contribution in [2.45, 2.75) is 12.8 Å². The van der Waals surface area contributed by atoms with Crippen LogP contribution in [0.4, 0.5) is 0 Å². The molecule has 2 heterocycles. The maximum absolute atomic E-state index is 5.93. The predicted octanol–water partition coefficient (Wildman–Crippen LogP) is 2.88. The molecule has 0 radical (unpaired) electrons. The molecule has 1 aromatic carbocycles. The van der Waals surface area contributed by atoms with Crippen molar-refractivity contribution in [2.75, 3.05) is 13.3 Å². The van der Waals surface area contributed by atoms with Gasteiger partial charge >= 0.3 is 0 Å². The Morgan fingerprint density at radius 2 is 2.06 bits per heavy atom. The van der Waals surface area contributed by atoms with Crippen LogP contribution in [0.15, 0.2) is 30.3 Å². The van der Waals surface area contributed by atoms with Crippen LogP contribution < -0.4 is 15.2 Å². The minimum Gasteiger partial charge on any atom is -0.454 e. The molecule has 2 aromatic rings. The fourth-order valence-corrected chi connectivity index (χ4v) is 3.21. The molecule has 0 saturated carbocycles. The van der Waals surface area contributed by atoms with Crippen molar-refractivity contribution in [3.63, 3.8) is 0 Å². The molecule has 1 atom stereocenters. The molecule has 1 aliphatic rings. The van der Waals surface area contributed by atoms with E-state index in [0.717, 1.165) is 11.5 Å². The molecule has 0 amide bonds. The number of hydrogen-bond donors (Lipinski definition) is 1. The van der Waals surface area contributed by atoms with Gasteiger partial charge in [0.1, 0.15) is 0 Å². The van der Waals surface area contributed by atoms with Gasteiger partial charge in [-0.1, -0.05) is 6.07 Å². The Hall–Kier alpha value is -1.52. The van der Waals surface area contributed by atoms with E-state index in [1.807, 2.05) is 12.1 Å².